The summed E-state index contributed by atoms with van der Waals surface area (Å²) in [6, 6.07) is 8.32. The van der Waals surface area contributed by atoms with Crippen molar-refractivity contribution >= 4 is 45.3 Å². The van der Waals surface area contributed by atoms with Gasteiger partial charge in [0.05, 0.1) is 5.52 Å². The summed E-state index contributed by atoms with van der Waals surface area (Å²) in [5, 5.41) is 1.22. The highest BCUT2D eigenvalue weighted by atomic mass is 127. The second kappa shape index (κ2) is 3.84. The highest BCUT2D eigenvalue weighted by Gasteiger charge is 2.04. The fourth-order valence-electron chi connectivity index (χ4n) is 1.29. The summed E-state index contributed by atoms with van der Waals surface area (Å²) in [6.45, 7) is 0. The molecule has 0 radical (unpaired) electrons. The van der Waals surface area contributed by atoms with Gasteiger partial charge in [0.2, 0.25) is 0 Å². The summed E-state index contributed by atoms with van der Waals surface area (Å²) in [4.78, 5) is 5.66. The van der Waals surface area contributed by atoms with Crippen molar-refractivity contribution in [3.8, 4) is 0 Å². The van der Waals surface area contributed by atoms with Crippen molar-refractivity contribution in [2.75, 3.05) is 6.26 Å². The van der Waals surface area contributed by atoms with Crippen molar-refractivity contribution in [1.29, 1.82) is 0 Å². The maximum absolute atomic E-state index is 4.39. The Bertz CT molecular complexity index is 442. The molecule has 0 aliphatic heterocycles. The molecule has 0 atom stereocenters. The Kier molecular flexibility index (Phi) is 2.74. The van der Waals surface area contributed by atoms with Crippen LogP contribution in [0.4, 0.5) is 0 Å². The van der Waals surface area contributed by atoms with E-state index in [0.29, 0.717) is 0 Å². The van der Waals surface area contributed by atoms with Gasteiger partial charge in [-0.1, -0.05) is 12.1 Å². The highest BCUT2D eigenvalue weighted by molar-refractivity contribution is 14.1. The molecule has 0 unspecified atom stereocenters. The quantitative estimate of drug-likeness (QED) is 0.590. The molecule has 0 N–H and O–H groups in total. The topological polar surface area (TPSA) is 12.9 Å². The van der Waals surface area contributed by atoms with Crippen LogP contribution in [0.1, 0.15) is 0 Å². The number of aromatic nitrogens is 1. The van der Waals surface area contributed by atoms with Gasteiger partial charge in [-0.25, -0.2) is 0 Å². The number of hydrogen-bond acceptors (Lipinski definition) is 2. The van der Waals surface area contributed by atoms with E-state index in [4.69, 9.17) is 0 Å². The molecule has 2 rings (SSSR count). The molecule has 0 saturated carbocycles. The van der Waals surface area contributed by atoms with Crippen molar-refractivity contribution in [3.05, 3.63) is 34.0 Å². The third-order valence-corrected chi connectivity index (χ3v) is 3.97. The minimum absolute atomic E-state index is 1.11. The lowest BCUT2D eigenvalue weighted by Crippen LogP contribution is -1.84. The van der Waals surface area contributed by atoms with E-state index < -0.39 is 0 Å². The van der Waals surface area contributed by atoms with Gasteiger partial charge in [-0.15, -0.1) is 11.8 Å². The zero-order valence-electron chi connectivity index (χ0n) is 7.12. The van der Waals surface area contributed by atoms with Crippen LogP contribution in [0, 0.1) is 3.57 Å². The Morgan fingerprint density at radius 2 is 2.15 bits per heavy atom. The average Bonchev–Trinajstić information content (AvgIpc) is 2.18. The van der Waals surface area contributed by atoms with Gasteiger partial charge in [-0.3, -0.25) is 4.98 Å². The Labute approximate surface area is 95.1 Å². The first-order valence-corrected chi connectivity index (χ1v) is 6.20. The van der Waals surface area contributed by atoms with Crippen LogP contribution >= 0.6 is 34.4 Å². The molecule has 66 valence electrons. The number of fused-ring (bicyclic) bond motifs is 1. The van der Waals surface area contributed by atoms with Crippen molar-refractivity contribution in [3.63, 3.8) is 0 Å². The molecule has 1 aromatic carbocycles. The normalized spacial score (nSPS) is 10.6. The van der Waals surface area contributed by atoms with E-state index in [9.17, 15) is 0 Å². The molecular weight excluding hydrogens is 293 g/mol. The molecule has 1 nitrogen and oxygen atoms in total. The minimum atomic E-state index is 1.11. The molecule has 0 bridgehead atoms. The van der Waals surface area contributed by atoms with Crippen molar-refractivity contribution in [1.82, 2.24) is 4.98 Å². The average molecular weight is 301 g/mol. The van der Waals surface area contributed by atoms with Crippen LogP contribution in [-0.4, -0.2) is 11.2 Å². The summed E-state index contributed by atoms with van der Waals surface area (Å²) < 4.78 is 1.27. The molecule has 2 aromatic rings. The van der Waals surface area contributed by atoms with Crippen LogP contribution in [0.3, 0.4) is 0 Å². The van der Waals surface area contributed by atoms with E-state index >= 15 is 0 Å². The van der Waals surface area contributed by atoms with Crippen LogP contribution in [-0.2, 0) is 0 Å². The molecule has 13 heavy (non-hydrogen) atoms. The predicted octanol–water partition coefficient (Wildman–Crippen LogP) is 3.56. The molecule has 0 amide bonds. The fraction of sp³-hybridized carbons (Fsp3) is 0.100. The summed E-state index contributed by atoms with van der Waals surface area (Å²) in [6.07, 6.45) is 3.93. The molecule has 0 aliphatic carbocycles. The number of nitrogens with zero attached hydrogens (tertiary/aromatic N) is 1. The largest absolute Gasteiger partial charge is 0.255 e. The van der Waals surface area contributed by atoms with Gasteiger partial charge in [0, 0.05) is 20.0 Å². The minimum Gasteiger partial charge on any atom is -0.255 e. The maximum Gasteiger partial charge on any atom is 0.0848 e. The monoisotopic (exact) mass is 301 g/mol. The van der Waals surface area contributed by atoms with Crippen molar-refractivity contribution in [2.24, 2.45) is 0 Å². The summed E-state index contributed by atoms with van der Waals surface area (Å²) in [5.74, 6) is 0. The molecule has 0 spiro atoms. The van der Waals surface area contributed by atoms with Crippen molar-refractivity contribution in [2.45, 2.75) is 4.90 Å². The number of benzene rings is 1. The highest BCUT2D eigenvalue weighted by Crippen LogP contribution is 2.29. The van der Waals surface area contributed by atoms with Crippen molar-refractivity contribution < 1.29 is 0 Å². The van der Waals surface area contributed by atoms with E-state index in [1.54, 1.807) is 11.8 Å². The number of thioether (sulfide) groups is 1. The molecule has 1 aromatic heterocycles. The second-order valence-corrected chi connectivity index (χ2v) is 4.63. The molecule has 0 fully saturated rings. The second-order valence-electron chi connectivity index (χ2n) is 2.66. The number of pyridine rings is 1. The lowest BCUT2D eigenvalue weighted by molar-refractivity contribution is 1.33. The van der Waals surface area contributed by atoms with Gasteiger partial charge in [0.25, 0.3) is 0 Å². The smallest absolute Gasteiger partial charge is 0.0848 e. The van der Waals surface area contributed by atoms with E-state index in [1.807, 2.05) is 12.3 Å². The van der Waals surface area contributed by atoms with E-state index in [-0.39, 0.29) is 0 Å². The first-order valence-electron chi connectivity index (χ1n) is 3.90. The summed E-state index contributed by atoms with van der Waals surface area (Å²) in [5.41, 5.74) is 1.11. The Morgan fingerprint density at radius 1 is 1.31 bits per heavy atom. The first-order chi connectivity index (χ1) is 6.33. The maximum atomic E-state index is 4.39. The first kappa shape index (κ1) is 9.27. The van der Waals surface area contributed by atoms with Gasteiger partial charge < -0.3 is 0 Å². The molecule has 1 heterocycles. The lowest BCUT2D eigenvalue weighted by Gasteiger charge is -2.04. The molecule has 3 heteroatoms. The van der Waals surface area contributed by atoms with Crippen LogP contribution in [0.25, 0.3) is 10.9 Å². The van der Waals surface area contributed by atoms with E-state index in [0.717, 1.165) is 5.52 Å². The lowest BCUT2D eigenvalue weighted by atomic mass is 10.2. The fourth-order valence-corrected chi connectivity index (χ4v) is 3.01. The zero-order valence-corrected chi connectivity index (χ0v) is 10.1. The SMILES string of the molecule is CSc1c(I)ccc2cccnc12. The third-order valence-electron chi connectivity index (χ3n) is 1.88. The van der Waals surface area contributed by atoms with Gasteiger partial charge in [0.15, 0.2) is 0 Å². The van der Waals surface area contributed by atoms with Crippen LogP contribution in [0.15, 0.2) is 35.4 Å². The number of rotatable bonds is 1. The van der Waals surface area contributed by atoms with Gasteiger partial charge in [0.1, 0.15) is 0 Å². The molecule has 0 saturated heterocycles. The predicted molar refractivity (Wildman–Crippen MR) is 66.2 cm³/mol. The Hall–Kier alpha value is -0.290. The standard InChI is InChI=1S/C10H8INS/c1-13-10-8(11)5-4-7-3-2-6-12-9(7)10/h2-6H,1H3. The van der Waals surface area contributed by atoms with Crippen LogP contribution in [0.5, 0.6) is 0 Å². The molecule has 0 aliphatic rings. The Morgan fingerprint density at radius 3 is 2.92 bits per heavy atom. The van der Waals surface area contributed by atoms with Gasteiger partial charge >= 0.3 is 0 Å². The summed E-state index contributed by atoms with van der Waals surface area (Å²) in [7, 11) is 0. The Balaban J connectivity index is 2.84. The zero-order chi connectivity index (χ0) is 9.26. The van der Waals surface area contributed by atoms with Crippen LogP contribution in [0.2, 0.25) is 0 Å². The van der Waals surface area contributed by atoms with Gasteiger partial charge in [-0.05, 0) is 41.0 Å². The number of hydrogen-bond donors (Lipinski definition) is 0. The number of halogens is 1. The van der Waals surface area contributed by atoms with Crippen LogP contribution < -0.4 is 0 Å². The van der Waals surface area contributed by atoms with E-state index in [1.165, 1.54) is 13.9 Å². The third kappa shape index (κ3) is 1.67. The van der Waals surface area contributed by atoms with Gasteiger partial charge in [-0.2, -0.15) is 0 Å². The molecular formula is C10H8INS. The summed E-state index contributed by atoms with van der Waals surface area (Å²) >= 11 is 4.10. The van der Waals surface area contributed by atoms with E-state index in [2.05, 4.69) is 52.0 Å².